The fraction of sp³-hybridized carbons (Fsp3) is 0.850. The summed E-state index contributed by atoms with van der Waals surface area (Å²) in [5.41, 5.74) is -0.444. The number of hydrogen-bond acceptors (Lipinski definition) is 6. The van der Waals surface area contributed by atoms with E-state index in [0.29, 0.717) is 12.8 Å². The number of esters is 3. The van der Waals surface area contributed by atoms with Gasteiger partial charge in [0.25, 0.3) is 0 Å². The van der Waals surface area contributed by atoms with Crippen LogP contribution in [0.2, 0.25) is 0 Å². The van der Waals surface area contributed by atoms with Crippen molar-refractivity contribution in [2.24, 2.45) is 23.7 Å². The lowest BCUT2D eigenvalue weighted by atomic mass is 9.78. The van der Waals surface area contributed by atoms with Crippen LogP contribution < -0.4 is 0 Å². The van der Waals surface area contributed by atoms with Crippen molar-refractivity contribution in [1.82, 2.24) is 0 Å². The molecule has 2 bridgehead atoms. The van der Waals surface area contributed by atoms with Crippen molar-refractivity contribution in [3.63, 3.8) is 0 Å². The van der Waals surface area contributed by atoms with E-state index in [2.05, 4.69) is 22.6 Å². The van der Waals surface area contributed by atoms with E-state index in [9.17, 15) is 14.4 Å². The van der Waals surface area contributed by atoms with Gasteiger partial charge in [-0.05, 0) is 45.4 Å². The Kier molecular flexibility index (Phi) is 5.18. The van der Waals surface area contributed by atoms with Crippen LogP contribution in [0.5, 0.6) is 0 Å². The van der Waals surface area contributed by atoms with E-state index in [1.807, 2.05) is 13.8 Å². The molecule has 1 heterocycles. The third-order valence-corrected chi connectivity index (χ3v) is 8.33. The molecule has 3 saturated carbocycles. The van der Waals surface area contributed by atoms with Crippen LogP contribution in [-0.4, -0.2) is 39.6 Å². The SMILES string of the molecule is CCC(I)C(=O)OC1C2CC3C1OC(=O)C3C2C(=O)OC1(C)CCCCC1. The van der Waals surface area contributed by atoms with Crippen LogP contribution in [0.1, 0.15) is 58.8 Å². The lowest BCUT2D eigenvalue weighted by molar-refractivity contribution is -0.175. The second-order valence-electron chi connectivity index (χ2n) is 8.73. The van der Waals surface area contributed by atoms with E-state index in [1.54, 1.807) is 0 Å². The third kappa shape index (κ3) is 3.27. The number of carbonyl (C=O) groups excluding carboxylic acids is 3. The summed E-state index contributed by atoms with van der Waals surface area (Å²) in [6.45, 7) is 3.92. The molecule has 7 atom stereocenters. The number of ether oxygens (including phenoxy) is 3. The Morgan fingerprint density at radius 3 is 2.63 bits per heavy atom. The maximum atomic E-state index is 13.1. The van der Waals surface area contributed by atoms with Gasteiger partial charge in [0.1, 0.15) is 21.7 Å². The molecule has 0 spiro atoms. The lowest BCUT2D eigenvalue weighted by Gasteiger charge is -2.36. The average molecular weight is 490 g/mol. The first-order chi connectivity index (χ1) is 12.8. The summed E-state index contributed by atoms with van der Waals surface area (Å²) in [5, 5.41) is 0. The molecule has 4 fully saturated rings. The summed E-state index contributed by atoms with van der Waals surface area (Å²) in [4.78, 5) is 37.8. The zero-order chi connectivity index (χ0) is 19.3. The normalized spacial score (nSPS) is 39.7. The van der Waals surface area contributed by atoms with Crippen molar-refractivity contribution in [3.8, 4) is 0 Å². The fourth-order valence-electron chi connectivity index (χ4n) is 5.56. The van der Waals surface area contributed by atoms with Crippen LogP contribution in [0.4, 0.5) is 0 Å². The Morgan fingerprint density at radius 2 is 1.96 bits per heavy atom. The Bertz CT molecular complexity index is 642. The molecule has 0 aromatic carbocycles. The van der Waals surface area contributed by atoms with Crippen molar-refractivity contribution in [3.05, 3.63) is 0 Å². The molecule has 4 aliphatic rings. The average Bonchev–Trinajstić information content (AvgIpc) is 3.24. The van der Waals surface area contributed by atoms with Crippen LogP contribution in [0.15, 0.2) is 0 Å². The lowest BCUT2D eigenvalue weighted by Crippen LogP contribution is -2.46. The highest BCUT2D eigenvalue weighted by Crippen LogP contribution is 2.59. The van der Waals surface area contributed by atoms with Crippen LogP contribution in [-0.2, 0) is 28.6 Å². The Morgan fingerprint density at radius 1 is 1.26 bits per heavy atom. The molecule has 0 aromatic heterocycles. The molecule has 0 N–H and O–H groups in total. The maximum Gasteiger partial charge on any atom is 0.319 e. The van der Waals surface area contributed by atoms with Gasteiger partial charge in [0, 0.05) is 11.8 Å². The second kappa shape index (κ2) is 7.19. The molecule has 7 unspecified atom stereocenters. The molecule has 4 rings (SSSR count). The van der Waals surface area contributed by atoms with E-state index < -0.39 is 29.6 Å². The zero-order valence-corrected chi connectivity index (χ0v) is 18.0. The number of hydrogen-bond donors (Lipinski definition) is 0. The molecule has 1 saturated heterocycles. The second-order valence-corrected chi connectivity index (χ2v) is 10.2. The number of halogens is 1. The van der Waals surface area contributed by atoms with Gasteiger partial charge in [-0.15, -0.1) is 0 Å². The smallest absolute Gasteiger partial charge is 0.319 e. The van der Waals surface area contributed by atoms with Crippen molar-refractivity contribution in [2.45, 2.75) is 80.5 Å². The van der Waals surface area contributed by atoms with E-state index in [-0.39, 0.29) is 33.7 Å². The number of fused-ring (bicyclic) bond motifs is 1. The molecule has 27 heavy (non-hydrogen) atoms. The Balaban J connectivity index is 1.52. The molecule has 7 heteroatoms. The highest BCUT2D eigenvalue weighted by atomic mass is 127. The van der Waals surface area contributed by atoms with Crippen molar-refractivity contribution < 1.29 is 28.6 Å². The van der Waals surface area contributed by atoms with E-state index in [0.717, 1.165) is 25.7 Å². The Labute approximate surface area is 173 Å². The van der Waals surface area contributed by atoms with Gasteiger partial charge in [0.15, 0.2) is 0 Å². The first-order valence-electron chi connectivity index (χ1n) is 10.1. The molecule has 0 amide bonds. The molecule has 150 valence electrons. The topological polar surface area (TPSA) is 78.9 Å². The van der Waals surface area contributed by atoms with Crippen molar-refractivity contribution in [1.29, 1.82) is 0 Å². The van der Waals surface area contributed by atoms with Gasteiger partial charge in [-0.2, -0.15) is 0 Å². The molecule has 3 aliphatic carbocycles. The van der Waals surface area contributed by atoms with Gasteiger partial charge >= 0.3 is 17.9 Å². The van der Waals surface area contributed by atoms with Gasteiger partial charge in [-0.1, -0.05) is 35.9 Å². The minimum absolute atomic E-state index is 0.0358. The summed E-state index contributed by atoms with van der Waals surface area (Å²) in [6, 6.07) is 0. The minimum Gasteiger partial charge on any atom is -0.459 e. The van der Waals surface area contributed by atoms with E-state index >= 15 is 0 Å². The number of rotatable bonds is 5. The molecular formula is C20H27IO6. The van der Waals surface area contributed by atoms with Crippen LogP contribution in [0.25, 0.3) is 0 Å². The highest BCUT2D eigenvalue weighted by molar-refractivity contribution is 14.1. The van der Waals surface area contributed by atoms with Crippen LogP contribution >= 0.6 is 22.6 Å². The summed E-state index contributed by atoms with van der Waals surface area (Å²) in [5.74, 6) is -2.13. The van der Waals surface area contributed by atoms with Gasteiger partial charge in [-0.25, -0.2) is 0 Å². The van der Waals surface area contributed by atoms with E-state index in [1.165, 1.54) is 6.42 Å². The van der Waals surface area contributed by atoms with E-state index in [4.69, 9.17) is 14.2 Å². The summed E-state index contributed by atoms with van der Waals surface area (Å²) in [7, 11) is 0. The summed E-state index contributed by atoms with van der Waals surface area (Å²) < 4.78 is 17.0. The first-order valence-corrected chi connectivity index (χ1v) is 11.4. The highest BCUT2D eigenvalue weighted by Gasteiger charge is 2.70. The minimum atomic E-state index is -0.549. The predicted octanol–water partition coefficient (Wildman–Crippen LogP) is 3.19. The monoisotopic (exact) mass is 490 g/mol. The summed E-state index contributed by atoms with van der Waals surface area (Å²) >= 11 is 2.07. The van der Waals surface area contributed by atoms with Gasteiger partial charge in [0.05, 0.1) is 11.8 Å². The largest absolute Gasteiger partial charge is 0.459 e. The van der Waals surface area contributed by atoms with Crippen molar-refractivity contribution >= 4 is 40.5 Å². The fourth-order valence-corrected chi connectivity index (χ4v) is 5.70. The molecule has 1 aliphatic heterocycles. The zero-order valence-electron chi connectivity index (χ0n) is 15.8. The summed E-state index contributed by atoms with van der Waals surface area (Å²) in [6.07, 6.45) is 5.46. The molecule has 6 nitrogen and oxygen atoms in total. The number of carbonyl (C=O) groups is 3. The molecule has 0 aromatic rings. The molecular weight excluding hydrogens is 463 g/mol. The number of alkyl halides is 1. The van der Waals surface area contributed by atoms with Crippen LogP contribution in [0.3, 0.4) is 0 Å². The van der Waals surface area contributed by atoms with Crippen molar-refractivity contribution in [2.75, 3.05) is 0 Å². The standard InChI is InChI=1S/C20H27IO6/c1-3-12(21)17(22)25-15-11-9-10-13(18(23)26-16(10)15)14(11)19(24)27-20(2)7-5-4-6-8-20/h10-16H,3-9H2,1-2H3. The Hall–Kier alpha value is -0.860. The first kappa shape index (κ1) is 19.5. The van der Waals surface area contributed by atoms with Crippen LogP contribution in [0, 0.1) is 23.7 Å². The molecule has 0 radical (unpaired) electrons. The van der Waals surface area contributed by atoms with Gasteiger partial charge in [0.2, 0.25) is 0 Å². The van der Waals surface area contributed by atoms with Gasteiger partial charge in [-0.3, -0.25) is 14.4 Å². The third-order valence-electron chi connectivity index (χ3n) is 6.94. The maximum absolute atomic E-state index is 13.1. The predicted molar refractivity (Wildman–Crippen MR) is 104 cm³/mol. The van der Waals surface area contributed by atoms with Gasteiger partial charge < -0.3 is 14.2 Å². The quantitative estimate of drug-likeness (QED) is 0.255.